The van der Waals surface area contributed by atoms with E-state index in [-0.39, 0.29) is 0 Å². The predicted octanol–water partition coefficient (Wildman–Crippen LogP) is 3.91. The van der Waals surface area contributed by atoms with Crippen LogP contribution in [0.1, 0.15) is 18.1 Å². The van der Waals surface area contributed by atoms with Gasteiger partial charge in [0, 0.05) is 12.6 Å². The van der Waals surface area contributed by atoms with Gasteiger partial charge in [0.15, 0.2) is 0 Å². The van der Waals surface area contributed by atoms with Gasteiger partial charge < -0.3 is 14.8 Å². The summed E-state index contributed by atoms with van der Waals surface area (Å²) in [6, 6.07) is 13.9. The molecule has 20 heavy (non-hydrogen) atoms. The lowest BCUT2D eigenvalue weighted by Gasteiger charge is -2.11. The second kappa shape index (κ2) is 6.96. The van der Waals surface area contributed by atoms with Gasteiger partial charge in [-0.1, -0.05) is 25.1 Å². The topological polar surface area (TPSA) is 30.5 Å². The van der Waals surface area contributed by atoms with Crippen molar-refractivity contribution in [3.05, 3.63) is 53.6 Å². The van der Waals surface area contributed by atoms with Gasteiger partial charge in [-0.05, 0) is 42.8 Å². The molecule has 0 aliphatic heterocycles. The van der Waals surface area contributed by atoms with E-state index in [1.54, 1.807) is 7.11 Å². The first-order chi connectivity index (χ1) is 9.72. The molecule has 0 unspecified atom stereocenters. The Bertz CT molecular complexity index is 567. The molecule has 0 aliphatic rings. The molecule has 0 heterocycles. The van der Waals surface area contributed by atoms with Gasteiger partial charge in [-0.15, -0.1) is 0 Å². The number of methoxy groups -OCH3 is 1. The highest BCUT2D eigenvalue weighted by Crippen LogP contribution is 2.28. The van der Waals surface area contributed by atoms with Crippen LogP contribution >= 0.6 is 0 Å². The van der Waals surface area contributed by atoms with E-state index in [9.17, 15) is 0 Å². The summed E-state index contributed by atoms with van der Waals surface area (Å²) >= 11 is 0. The van der Waals surface area contributed by atoms with Crippen molar-refractivity contribution >= 4 is 0 Å². The molecule has 106 valence electrons. The van der Waals surface area contributed by atoms with Crippen LogP contribution in [0.5, 0.6) is 17.2 Å². The summed E-state index contributed by atoms with van der Waals surface area (Å²) in [7, 11) is 1.65. The van der Waals surface area contributed by atoms with E-state index >= 15 is 0 Å². The quantitative estimate of drug-likeness (QED) is 0.864. The zero-order chi connectivity index (χ0) is 14.4. The Morgan fingerprint density at radius 3 is 2.55 bits per heavy atom. The molecule has 2 rings (SSSR count). The largest absolute Gasteiger partial charge is 0.497 e. The van der Waals surface area contributed by atoms with Gasteiger partial charge in [-0.25, -0.2) is 0 Å². The Hall–Kier alpha value is -2.00. The van der Waals surface area contributed by atoms with Crippen LogP contribution in [-0.2, 0) is 6.54 Å². The van der Waals surface area contributed by atoms with Gasteiger partial charge in [0.05, 0.1) is 7.11 Å². The molecule has 0 aliphatic carbocycles. The predicted molar refractivity (Wildman–Crippen MR) is 81.6 cm³/mol. The van der Waals surface area contributed by atoms with Crippen molar-refractivity contribution in [2.24, 2.45) is 0 Å². The average molecular weight is 271 g/mol. The number of ether oxygens (including phenoxy) is 2. The molecule has 3 nitrogen and oxygen atoms in total. The average Bonchev–Trinajstić information content (AvgIpc) is 2.48. The SMILES string of the molecule is CCNCc1ccc(Oc2cccc(OC)c2)c(C)c1. The molecule has 0 fully saturated rings. The lowest BCUT2D eigenvalue weighted by atomic mass is 10.1. The lowest BCUT2D eigenvalue weighted by Crippen LogP contribution is -2.11. The minimum absolute atomic E-state index is 0.784. The van der Waals surface area contributed by atoms with E-state index < -0.39 is 0 Å². The summed E-state index contributed by atoms with van der Waals surface area (Å²) in [5.41, 5.74) is 2.39. The number of hydrogen-bond donors (Lipinski definition) is 1. The summed E-state index contributed by atoms with van der Waals surface area (Å²) in [5.74, 6) is 2.45. The zero-order valence-electron chi connectivity index (χ0n) is 12.3. The van der Waals surface area contributed by atoms with Crippen LogP contribution < -0.4 is 14.8 Å². The van der Waals surface area contributed by atoms with Crippen molar-refractivity contribution in [1.29, 1.82) is 0 Å². The van der Waals surface area contributed by atoms with Crippen molar-refractivity contribution in [2.75, 3.05) is 13.7 Å². The maximum Gasteiger partial charge on any atom is 0.131 e. The van der Waals surface area contributed by atoms with Gasteiger partial charge in [0.1, 0.15) is 17.2 Å². The summed E-state index contributed by atoms with van der Waals surface area (Å²) in [6.45, 7) is 6.02. The van der Waals surface area contributed by atoms with Crippen LogP contribution in [0.25, 0.3) is 0 Å². The molecular weight excluding hydrogens is 250 g/mol. The van der Waals surface area contributed by atoms with E-state index in [4.69, 9.17) is 9.47 Å². The molecule has 1 N–H and O–H groups in total. The van der Waals surface area contributed by atoms with E-state index in [1.807, 2.05) is 30.3 Å². The summed E-state index contributed by atoms with van der Waals surface area (Å²) < 4.78 is 11.1. The van der Waals surface area contributed by atoms with Gasteiger partial charge >= 0.3 is 0 Å². The molecule has 0 saturated carbocycles. The maximum absolute atomic E-state index is 5.91. The van der Waals surface area contributed by atoms with Crippen molar-refractivity contribution in [3.63, 3.8) is 0 Å². The highest BCUT2D eigenvalue weighted by molar-refractivity contribution is 5.41. The van der Waals surface area contributed by atoms with Crippen LogP contribution in [0.2, 0.25) is 0 Å². The smallest absolute Gasteiger partial charge is 0.131 e. The Morgan fingerprint density at radius 2 is 1.85 bits per heavy atom. The summed E-state index contributed by atoms with van der Waals surface area (Å²) in [5, 5.41) is 3.32. The Morgan fingerprint density at radius 1 is 1.05 bits per heavy atom. The second-order valence-corrected chi connectivity index (χ2v) is 4.66. The molecule has 2 aromatic rings. The van der Waals surface area contributed by atoms with Crippen molar-refractivity contribution in [1.82, 2.24) is 5.32 Å². The van der Waals surface area contributed by atoms with E-state index in [1.165, 1.54) is 5.56 Å². The maximum atomic E-state index is 5.91. The fourth-order valence-corrected chi connectivity index (χ4v) is 2.00. The normalized spacial score (nSPS) is 10.3. The molecule has 0 radical (unpaired) electrons. The molecule has 0 spiro atoms. The van der Waals surface area contributed by atoms with E-state index in [2.05, 4.69) is 31.3 Å². The lowest BCUT2D eigenvalue weighted by molar-refractivity contribution is 0.409. The molecule has 2 aromatic carbocycles. The summed E-state index contributed by atoms with van der Waals surface area (Å²) in [6.07, 6.45) is 0. The third kappa shape index (κ3) is 3.75. The van der Waals surface area contributed by atoms with Crippen molar-refractivity contribution < 1.29 is 9.47 Å². The standard InChI is InChI=1S/C17H21NO2/c1-4-18-12-14-8-9-17(13(2)10-14)20-16-7-5-6-15(11-16)19-3/h5-11,18H,4,12H2,1-3H3. The Kier molecular flexibility index (Phi) is 5.02. The number of aryl methyl sites for hydroxylation is 1. The third-order valence-corrected chi connectivity index (χ3v) is 3.09. The molecule has 3 heteroatoms. The van der Waals surface area contributed by atoms with Crippen LogP contribution in [0.15, 0.2) is 42.5 Å². The highest BCUT2D eigenvalue weighted by Gasteiger charge is 2.04. The fraction of sp³-hybridized carbons (Fsp3) is 0.294. The zero-order valence-corrected chi connectivity index (χ0v) is 12.3. The fourth-order valence-electron chi connectivity index (χ4n) is 2.00. The Labute approximate surface area is 120 Å². The van der Waals surface area contributed by atoms with Crippen LogP contribution in [0.4, 0.5) is 0 Å². The highest BCUT2D eigenvalue weighted by atomic mass is 16.5. The molecule has 0 aromatic heterocycles. The minimum Gasteiger partial charge on any atom is -0.497 e. The second-order valence-electron chi connectivity index (χ2n) is 4.66. The van der Waals surface area contributed by atoms with Crippen LogP contribution in [-0.4, -0.2) is 13.7 Å². The molecule has 0 atom stereocenters. The first kappa shape index (κ1) is 14.4. The molecular formula is C17H21NO2. The first-order valence-corrected chi connectivity index (χ1v) is 6.85. The van der Waals surface area contributed by atoms with E-state index in [0.29, 0.717) is 0 Å². The Balaban J connectivity index is 2.12. The summed E-state index contributed by atoms with van der Waals surface area (Å²) in [4.78, 5) is 0. The van der Waals surface area contributed by atoms with Gasteiger partial charge in [-0.3, -0.25) is 0 Å². The number of rotatable bonds is 6. The van der Waals surface area contributed by atoms with Gasteiger partial charge in [0.25, 0.3) is 0 Å². The third-order valence-electron chi connectivity index (χ3n) is 3.09. The van der Waals surface area contributed by atoms with Crippen molar-refractivity contribution in [2.45, 2.75) is 20.4 Å². The number of nitrogens with one attached hydrogen (secondary N) is 1. The number of hydrogen-bond acceptors (Lipinski definition) is 3. The monoisotopic (exact) mass is 271 g/mol. The minimum atomic E-state index is 0.784. The molecule has 0 amide bonds. The van der Waals surface area contributed by atoms with Gasteiger partial charge in [0.2, 0.25) is 0 Å². The van der Waals surface area contributed by atoms with Crippen molar-refractivity contribution in [3.8, 4) is 17.2 Å². The molecule has 0 bridgehead atoms. The first-order valence-electron chi connectivity index (χ1n) is 6.85. The van der Waals surface area contributed by atoms with Gasteiger partial charge in [-0.2, -0.15) is 0 Å². The number of benzene rings is 2. The van der Waals surface area contributed by atoms with E-state index in [0.717, 1.165) is 35.9 Å². The van der Waals surface area contributed by atoms with Crippen LogP contribution in [0.3, 0.4) is 0 Å². The molecule has 0 saturated heterocycles. The van der Waals surface area contributed by atoms with Crippen LogP contribution in [0, 0.1) is 6.92 Å².